The molecule has 2 aromatic rings. The predicted octanol–water partition coefficient (Wildman–Crippen LogP) is 3.28. The summed E-state index contributed by atoms with van der Waals surface area (Å²) in [5.41, 5.74) is 1.54. The second-order valence-corrected chi connectivity index (χ2v) is 5.97. The topological polar surface area (TPSA) is 38.1 Å². The Morgan fingerprint density at radius 2 is 2.11 bits per heavy atom. The molecule has 0 aliphatic heterocycles. The van der Waals surface area contributed by atoms with Crippen LogP contribution in [0.4, 0.5) is 0 Å². The molecule has 98 valence electrons. The minimum atomic E-state index is -0.588. The molecular weight excluding hydrogens is 268 g/mol. The molecule has 0 fully saturated rings. The van der Waals surface area contributed by atoms with Crippen molar-refractivity contribution in [1.82, 2.24) is 9.78 Å². The Kier molecular flexibility index (Phi) is 4.10. The first-order valence-electron chi connectivity index (χ1n) is 5.97. The minimum Gasteiger partial charge on any atom is -0.388 e. The lowest BCUT2D eigenvalue weighted by molar-refractivity contribution is 0.179. The maximum Gasteiger partial charge on any atom is 0.132 e. The third-order valence-electron chi connectivity index (χ3n) is 2.99. The van der Waals surface area contributed by atoms with Gasteiger partial charge in [0.25, 0.3) is 0 Å². The lowest BCUT2D eigenvalue weighted by atomic mass is 10.1. The minimum absolute atomic E-state index is 0.521. The highest BCUT2D eigenvalue weighted by molar-refractivity contribution is 7.11. The first-order chi connectivity index (χ1) is 8.52. The van der Waals surface area contributed by atoms with Crippen LogP contribution >= 0.6 is 22.9 Å². The number of thiophene rings is 1. The van der Waals surface area contributed by atoms with Gasteiger partial charge in [-0.25, -0.2) is 0 Å². The van der Waals surface area contributed by atoms with Gasteiger partial charge in [-0.1, -0.05) is 18.5 Å². The summed E-state index contributed by atoms with van der Waals surface area (Å²) < 4.78 is 1.60. The van der Waals surface area contributed by atoms with Crippen LogP contribution in [0.1, 0.15) is 34.0 Å². The number of aromatic nitrogens is 2. The van der Waals surface area contributed by atoms with Crippen LogP contribution in [0.3, 0.4) is 0 Å². The molecule has 2 heterocycles. The van der Waals surface area contributed by atoms with Gasteiger partial charge in [0.2, 0.25) is 0 Å². The van der Waals surface area contributed by atoms with Gasteiger partial charge in [0, 0.05) is 28.8 Å². The van der Waals surface area contributed by atoms with E-state index in [1.54, 1.807) is 23.1 Å². The van der Waals surface area contributed by atoms with E-state index >= 15 is 0 Å². The number of rotatable bonds is 4. The van der Waals surface area contributed by atoms with Crippen LogP contribution in [-0.4, -0.2) is 14.9 Å². The van der Waals surface area contributed by atoms with Crippen LogP contribution in [0, 0.1) is 6.92 Å². The van der Waals surface area contributed by atoms with Gasteiger partial charge in [-0.2, -0.15) is 5.10 Å². The molecule has 5 heteroatoms. The van der Waals surface area contributed by atoms with Gasteiger partial charge in [-0.15, -0.1) is 11.3 Å². The van der Waals surface area contributed by atoms with Crippen molar-refractivity contribution in [2.24, 2.45) is 7.05 Å². The number of nitrogens with zero attached hydrogens (tertiary/aromatic N) is 2. The van der Waals surface area contributed by atoms with Crippen molar-refractivity contribution in [2.45, 2.75) is 32.8 Å². The molecule has 0 saturated heterocycles. The maximum absolute atomic E-state index is 10.3. The second kappa shape index (κ2) is 5.43. The highest BCUT2D eigenvalue weighted by atomic mass is 35.5. The molecule has 0 bridgehead atoms. The predicted molar refractivity (Wildman–Crippen MR) is 75.3 cm³/mol. The van der Waals surface area contributed by atoms with E-state index in [1.165, 1.54) is 9.75 Å². The zero-order valence-electron chi connectivity index (χ0n) is 10.8. The molecule has 0 radical (unpaired) electrons. The zero-order valence-corrected chi connectivity index (χ0v) is 12.3. The first-order valence-corrected chi connectivity index (χ1v) is 7.17. The molecule has 18 heavy (non-hydrogen) atoms. The summed E-state index contributed by atoms with van der Waals surface area (Å²) in [5.74, 6) is 0. The van der Waals surface area contributed by atoms with Crippen molar-refractivity contribution in [3.05, 3.63) is 38.3 Å². The van der Waals surface area contributed by atoms with Crippen molar-refractivity contribution < 1.29 is 5.11 Å². The number of hydrogen-bond acceptors (Lipinski definition) is 3. The van der Waals surface area contributed by atoms with Gasteiger partial charge in [-0.05, 0) is 25.5 Å². The highest BCUT2D eigenvalue weighted by Crippen LogP contribution is 2.30. The third kappa shape index (κ3) is 2.60. The molecule has 0 aliphatic carbocycles. The average Bonchev–Trinajstić information content (AvgIpc) is 2.85. The molecule has 3 nitrogen and oxygen atoms in total. The van der Waals surface area contributed by atoms with Crippen molar-refractivity contribution >= 4 is 22.9 Å². The molecule has 1 atom stereocenters. The third-order valence-corrected chi connectivity index (χ3v) is 4.69. The van der Waals surface area contributed by atoms with E-state index in [2.05, 4.69) is 24.2 Å². The van der Waals surface area contributed by atoms with Crippen LogP contribution < -0.4 is 0 Å². The molecule has 1 N–H and O–H groups in total. The fraction of sp³-hybridized carbons (Fsp3) is 0.462. The van der Waals surface area contributed by atoms with Crippen LogP contribution in [0.15, 0.2) is 12.1 Å². The van der Waals surface area contributed by atoms with Crippen LogP contribution in [0.2, 0.25) is 5.15 Å². The Balaban J connectivity index is 2.18. The van der Waals surface area contributed by atoms with Crippen LogP contribution in [-0.2, 0) is 19.9 Å². The number of aliphatic hydroxyl groups excluding tert-OH is 1. The van der Waals surface area contributed by atoms with E-state index in [1.807, 2.05) is 6.92 Å². The normalized spacial score (nSPS) is 12.9. The Morgan fingerprint density at radius 1 is 1.44 bits per heavy atom. The van der Waals surface area contributed by atoms with Gasteiger partial charge in [-0.3, -0.25) is 4.68 Å². The monoisotopic (exact) mass is 284 g/mol. The Hall–Kier alpha value is -0.840. The second-order valence-electron chi connectivity index (χ2n) is 4.35. The molecule has 2 aromatic heterocycles. The summed E-state index contributed by atoms with van der Waals surface area (Å²) in [7, 11) is 1.78. The van der Waals surface area contributed by atoms with E-state index in [0.717, 1.165) is 17.7 Å². The quantitative estimate of drug-likeness (QED) is 0.936. The maximum atomic E-state index is 10.3. The van der Waals surface area contributed by atoms with Crippen molar-refractivity contribution in [2.75, 3.05) is 0 Å². The van der Waals surface area contributed by atoms with Crippen molar-refractivity contribution in [3.8, 4) is 0 Å². The van der Waals surface area contributed by atoms with Crippen LogP contribution in [0.5, 0.6) is 0 Å². The van der Waals surface area contributed by atoms with Gasteiger partial charge in [0.05, 0.1) is 11.8 Å². The lowest BCUT2D eigenvalue weighted by Gasteiger charge is -2.09. The number of aryl methyl sites for hydroxylation is 3. The summed E-state index contributed by atoms with van der Waals surface area (Å²) in [6.45, 7) is 4.00. The summed E-state index contributed by atoms with van der Waals surface area (Å²) in [5, 5.41) is 15.0. The molecule has 0 aliphatic rings. The number of aliphatic hydroxyl groups is 1. The molecule has 0 saturated carbocycles. The summed E-state index contributed by atoms with van der Waals surface area (Å²) in [6, 6.07) is 4.19. The van der Waals surface area contributed by atoms with E-state index < -0.39 is 6.10 Å². The smallest absolute Gasteiger partial charge is 0.132 e. The van der Waals surface area contributed by atoms with Gasteiger partial charge < -0.3 is 5.11 Å². The van der Waals surface area contributed by atoms with Gasteiger partial charge in [0.15, 0.2) is 0 Å². The lowest BCUT2D eigenvalue weighted by Crippen LogP contribution is -2.02. The SMILES string of the molecule is CCc1ccc(CC(O)c2c(C)nn(C)c2Cl)s1. The van der Waals surface area contributed by atoms with Crippen molar-refractivity contribution in [3.63, 3.8) is 0 Å². The largest absolute Gasteiger partial charge is 0.388 e. The van der Waals surface area contributed by atoms with E-state index in [4.69, 9.17) is 11.6 Å². The van der Waals surface area contributed by atoms with E-state index in [9.17, 15) is 5.11 Å². The fourth-order valence-corrected chi connectivity index (χ4v) is 3.33. The molecule has 0 aromatic carbocycles. The molecular formula is C13H17ClN2OS. The Morgan fingerprint density at radius 3 is 2.61 bits per heavy atom. The highest BCUT2D eigenvalue weighted by Gasteiger charge is 2.20. The Bertz CT molecular complexity index is 547. The summed E-state index contributed by atoms with van der Waals surface area (Å²) in [4.78, 5) is 2.52. The van der Waals surface area contributed by atoms with Gasteiger partial charge in [0.1, 0.15) is 5.15 Å². The van der Waals surface area contributed by atoms with E-state index in [-0.39, 0.29) is 0 Å². The summed E-state index contributed by atoms with van der Waals surface area (Å²) >= 11 is 7.90. The Labute approximate surface area is 116 Å². The molecule has 0 spiro atoms. The molecule has 0 amide bonds. The molecule has 2 rings (SSSR count). The molecule has 1 unspecified atom stereocenters. The summed E-state index contributed by atoms with van der Waals surface area (Å²) in [6.07, 6.45) is 1.04. The fourth-order valence-electron chi connectivity index (χ4n) is 2.04. The number of hydrogen-bond donors (Lipinski definition) is 1. The zero-order chi connectivity index (χ0) is 13.3. The average molecular weight is 285 g/mol. The number of halogens is 1. The standard InChI is InChI=1S/C13H17ClN2OS/c1-4-9-5-6-10(18-9)7-11(17)12-8(2)15-16(3)13(12)14/h5-6,11,17H,4,7H2,1-3H3. The van der Waals surface area contributed by atoms with Gasteiger partial charge >= 0.3 is 0 Å². The van der Waals surface area contributed by atoms with E-state index in [0.29, 0.717) is 11.6 Å². The first kappa shape index (κ1) is 13.6. The van der Waals surface area contributed by atoms with Crippen molar-refractivity contribution in [1.29, 1.82) is 0 Å². The van der Waals surface area contributed by atoms with Crippen LogP contribution in [0.25, 0.3) is 0 Å².